The van der Waals surface area contributed by atoms with E-state index in [9.17, 15) is 0 Å². The molecule has 7 nitrogen and oxygen atoms in total. The van der Waals surface area contributed by atoms with Gasteiger partial charge >= 0.3 is 0 Å². The molecule has 0 saturated carbocycles. The Hall–Kier alpha value is -3.14. The lowest BCUT2D eigenvalue weighted by Gasteiger charge is -2.01. The summed E-state index contributed by atoms with van der Waals surface area (Å²) in [5, 5.41) is 26.3. The predicted molar refractivity (Wildman–Crippen MR) is 67.6 cm³/mol. The lowest BCUT2D eigenvalue weighted by molar-refractivity contribution is 0.617. The number of allylic oxidation sites excluding steroid dienone is 1. The highest BCUT2D eigenvalue weighted by Crippen LogP contribution is 2.24. The number of para-hydroxylation sites is 1. The van der Waals surface area contributed by atoms with Gasteiger partial charge in [0.2, 0.25) is 5.82 Å². The molecule has 92 valence electrons. The molecule has 0 aliphatic rings. The van der Waals surface area contributed by atoms with Gasteiger partial charge in [-0.15, -0.1) is 10.2 Å². The van der Waals surface area contributed by atoms with Crippen LogP contribution in [0.5, 0.6) is 0 Å². The van der Waals surface area contributed by atoms with E-state index < -0.39 is 0 Å². The monoisotopic (exact) mass is 252 g/mol. The first-order valence-electron chi connectivity index (χ1n) is 5.45. The van der Waals surface area contributed by atoms with Gasteiger partial charge in [0.05, 0.1) is 12.0 Å². The Morgan fingerprint density at radius 1 is 1.42 bits per heavy atom. The first kappa shape index (κ1) is 11.0. The van der Waals surface area contributed by atoms with Gasteiger partial charge < -0.3 is 9.73 Å². The molecule has 19 heavy (non-hydrogen) atoms. The van der Waals surface area contributed by atoms with Crippen LogP contribution in [0.1, 0.15) is 5.82 Å². The van der Waals surface area contributed by atoms with Gasteiger partial charge in [-0.05, 0) is 17.3 Å². The smallest absolute Gasteiger partial charge is 0.216 e. The number of aromatic amines is 1. The zero-order chi connectivity index (χ0) is 13.1. The van der Waals surface area contributed by atoms with Crippen LogP contribution in [-0.4, -0.2) is 20.6 Å². The second-order valence-corrected chi connectivity index (χ2v) is 3.69. The fourth-order valence-electron chi connectivity index (χ4n) is 1.68. The number of benzene rings is 1. The summed E-state index contributed by atoms with van der Waals surface area (Å²) in [4.78, 5) is 0. The van der Waals surface area contributed by atoms with Crippen molar-refractivity contribution >= 4 is 22.2 Å². The molecule has 0 atom stereocenters. The van der Waals surface area contributed by atoms with E-state index in [1.165, 1.54) is 6.20 Å². The van der Waals surface area contributed by atoms with Crippen LogP contribution < -0.4 is 5.32 Å². The molecule has 0 bridgehead atoms. The van der Waals surface area contributed by atoms with Crippen molar-refractivity contribution in [3.63, 3.8) is 0 Å². The topological polar surface area (TPSA) is 103 Å². The first-order chi connectivity index (χ1) is 9.38. The molecule has 0 fully saturated rings. The third-order valence-electron chi connectivity index (χ3n) is 2.56. The highest BCUT2D eigenvalue weighted by Gasteiger charge is 2.07. The molecule has 0 saturated heterocycles. The van der Waals surface area contributed by atoms with E-state index in [1.54, 1.807) is 6.26 Å². The van der Waals surface area contributed by atoms with Crippen LogP contribution in [0.15, 0.2) is 41.1 Å². The number of nitrogens with zero attached hydrogens (tertiary/aromatic N) is 4. The van der Waals surface area contributed by atoms with E-state index >= 15 is 0 Å². The molecular weight excluding hydrogens is 244 g/mol. The Morgan fingerprint density at radius 2 is 2.37 bits per heavy atom. The number of aromatic nitrogens is 4. The maximum absolute atomic E-state index is 9.05. The minimum absolute atomic E-state index is 0.238. The Labute approximate surface area is 107 Å². The molecule has 7 heteroatoms. The molecule has 0 amide bonds. The van der Waals surface area contributed by atoms with Gasteiger partial charge in [-0.2, -0.15) is 10.5 Å². The van der Waals surface area contributed by atoms with E-state index in [0.717, 1.165) is 16.7 Å². The molecule has 0 spiro atoms. The summed E-state index contributed by atoms with van der Waals surface area (Å²) in [6.07, 6.45) is 3.13. The van der Waals surface area contributed by atoms with Gasteiger partial charge in [-0.3, -0.25) is 0 Å². The number of fused-ring (bicyclic) bond motifs is 1. The number of furan rings is 1. The molecule has 0 aliphatic carbocycles. The Balaban J connectivity index is 1.93. The van der Waals surface area contributed by atoms with Crippen molar-refractivity contribution in [1.82, 2.24) is 20.6 Å². The fourth-order valence-corrected chi connectivity index (χ4v) is 1.68. The predicted octanol–water partition coefficient (Wildman–Crippen LogP) is 1.92. The lowest BCUT2D eigenvalue weighted by Crippen LogP contribution is -1.93. The SMILES string of the molecule is N#CC(=CNc1cccc2ccoc12)c1nn[nH]n1. The maximum Gasteiger partial charge on any atom is 0.216 e. The van der Waals surface area contributed by atoms with Gasteiger partial charge in [-0.25, -0.2) is 0 Å². The quantitative estimate of drug-likeness (QED) is 0.690. The Kier molecular flexibility index (Phi) is 2.67. The fraction of sp³-hybridized carbons (Fsp3) is 0. The molecule has 3 rings (SSSR count). The Morgan fingerprint density at radius 3 is 3.16 bits per heavy atom. The zero-order valence-corrected chi connectivity index (χ0v) is 9.66. The zero-order valence-electron chi connectivity index (χ0n) is 9.66. The number of hydrogen-bond donors (Lipinski definition) is 2. The van der Waals surface area contributed by atoms with Gasteiger partial charge in [0, 0.05) is 11.6 Å². The molecule has 2 heterocycles. The molecule has 2 aromatic heterocycles. The van der Waals surface area contributed by atoms with E-state index in [-0.39, 0.29) is 11.4 Å². The van der Waals surface area contributed by atoms with Crippen LogP contribution >= 0.6 is 0 Å². The summed E-state index contributed by atoms with van der Waals surface area (Å²) in [5.41, 5.74) is 1.76. The second-order valence-electron chi connectivity index (χ2n) is 3.69. The highest BCUT2D eigenvalue weighted by atomic mass is 16.3. The molecule has 1 aromatic carbocycles. The number of nitrogens with one attached hydrogen (secondary N) is 2. The van der Waals surface area contributed by atoms with Crippen LogP contribution in [0.2, 0.25) is 0 Å². The van der Waals surface area contributed by atoms with Gasteiger partial charge in [0.25, 0.3) is 0 Å². The van der Waals surface area contributed by atoms with E-state index in [4.69, 9.17) is 9.68 Å². The third-order valence-corrected chi connectivity index (χ3v) is 2.56. The van der Waals surface area contributed by atoms with Crippen molar-refractivity contribution in [3.05, 3.63) is 42.6 Å². The summed E-state index contributed by atoms with van der Waals surface area (Å²) in [6.45, 7) is 0. The molecular formula is C12H8N6O. The summed E-state index contributed by atoms with van der Waals surface area (Å²) in [5.74, 6) is 0.238. The lowest BCUT2D eigenvalue weighted by atomic mass is 10.2. The molecule has 0 aliphatic heterocycles. The number of H-pyrrole nitrogens is 1. The van der Waals surface area contributed by atoms with Gasteiger partial charge in [0.15, 0.2) is 5.58 Å². The van der Waals surface area contributed by atoms with Crippen LogP contribution in [0.4, 0.5) is 5.69 Å². The van der Waals surface area contributed by atoms with E-state index in [2.05, 4.69) is 25.9 Å². The standard InChI is InChI=1S/C12H8N6O/c13-6-9(12-15-17-18-16-12)7-14-10-3-1-2-8-4-5-19-11(8)10/h1-5,7,14H,(H,15,16,17,18). The first-order valence-corrected chi connectivity index (χ1v) is 5.45. The number of nitriles is 1. The van der Waals surface area contributed by atoms with Gasteiger partial charge in [-0.1, -0.05) is 12.1 Å². The normalized spacial score (nSPS) is 11.4. The van der Waals surface area contributed by atoms with Crippen LogP contribution in [-0.2, 0) is 0 Å². The molecule has 0 unspecified atom stereocenters. The van der Waals surface area contributed by atoms with Crippen molar-refractivity contribution < 1.29 is 4.42 Å². The number of tetrazole rings is 1. The van der Waals surface area contributed by atoms with Crippen molar-refractivity contribution in [2.45, 2.75) is 0 Å². The van der Waals surface area contributed by atoms with Crippen molar-refractivity contribution in [1.29, 1.82) is 5.26 Å². The minimum atomic E-state index is 0.238. The van der Waals surface area contributed by atoms with Gasteiger partial charge in [0.1, 0.15) is 11.6 Å². The number of hydrogen-bond acceptors (Lipinski definition) is 6. The average molecular weight is 252 g/mol. The van der Waals surface area contributed by atoms with Crippen molar-refractivity contribution in [2.75, 3.05) is 5.32 Å². The maximum atomic E-state index is 9.05. The second kappa shape index (κ2) is 4.62. The summed E-state index contributed by atoms with van der Waals surface area (Å²) >= 11 is 0. The molecule has 3 aromatic rings. The number of rotatable bonds is 3. The van der Waals surface area contributed by atoms with Crippen molar-refractivity contribution in [3.8, 4) is 6.07 Å². The van der Waals surface area contributed by atoms with E-state index in [1.807, 2.05) is 30.3 Å². The average Bonchev–Trinajstić information content (AvgIpc) is 3.10. The number of anilines is 1. The van der Waals surface area contributed by atoms with E-state index in [0.29, 0.717) is 0 Å². The molecule has 0 radical (unpaired) electrons. The summed E-state index contributed by atoms with van der Waals surface area (Å²) in [6, 6.07) is 9.56. The summed E-state index contributed by atoms with van der Waals surface area (Å²) in [7, 11) is 0. The van der Waals surface area contributed by atoms with Crippen molar-refractivity contribution in [2.24, 2.45) is 0 Å². The molecule has 2 N–H and O–H groups in total. The highest BCUT2D eigenvalue weighted by molar-refractivity contribution is 5.90. The largest absolute Gasteiger partial charge is 0.462 e. The Bertz CT molecular complexity index is 765. The third kappa shape index (κ3) is 2.02. The van der Waals surface area contributed by atoms with Crippen LogP contribution in [0, 0.1) is 11.3 Å². The van der Waals surface area contributed by atoms with Crippen LogP contribution in [0.3, 0.4) is 0 Å². The van der Waals surface area contributed by atoms with Crippen LogP contribution in [0.25, 0.3) is 16.5 Å². The summed E-state index contributed by atoms with van der Waals surface area (Å²) < 4.78 is 5.38. The minimum Gasteiger partial charge on any atom is -0.462 e.